The quantitative estimate of drug-likeness (QED) is 0.725. The van der Waals surface area contributed by atoms with Crippen LogP contribution in [0.1, 0.15) is 31.4 Å². The van der Waals surface area contributed by atoms with Gasteiger partial charge in [-0.05, 0) is 50.7 Å². The van der Waals surface area contributed by atoms with Gasteiger partial charge in [0.15, 0.2) is 0 Å². The molecule has 8 heteroatoms. The number of morpholine rings is 1. The van der Waals surface area contributed by atoms with Crippen molar-refractivity contribution in [3.63, 3.8) is 0 Å². The van der Waals surface area contributed by atoms with Crippen molar-refractivity contribution in [2.45, 2.75) is 38.6 Å². The van der Waals surface area contributed by atoms with Gasteiger partial charge in [-0.15, -0.1) is 0 Å². The van der Waals surface area contributed by atoms with Gasteiger partial charge >= 0.3 is 0 Å². The third-order valence-electron chi connectivity index (χ3n) is 7.43. The molecule has 2 amide bonds. The molecule has 170 valence electrons. The minimum absolute atomic E-state index is 0.0250. The maximum atomic E-state index is 13.5. The summed E-state index contributed by atoms with van der Waals surface area (Å²) in [6, 6.07) is 4.64. The van der Waals surface area contributed by atoms with Crippen LogP contribution in [0.5, 0.6) is 0 Å². The third kappa shape index (κ3) is 4.70. The molecule has 0 bridgehead atoms. The maximum absolute atomic E-state index is 13.5. The monoisotopic (exact) mass is 429 g/mol. The molecule has 3 atom stereocenters. The Morgan fingerprint density at radius 2 is 2.06 bits per heavy atom. The van der Waals surface area contributed by atoms with Crippen molar-refractivity contribution in [2.75, 3.05) is 57.9 Å². The van der Waals surface area contributed by atoms with Crippen LogP contribution in [0.4, 0.5) is 5.69 Å². The molecule has 0 spiro atoms. The van der Waals surface area contributed by atoms with E-state index in [1.54, 1.807) is 7.05 Å². The molecule has 4 rings (SSSR count). The number of ether oxygens (including phenoxy) is 1. The van der Waals surface area contributed by atoms with E-state index in [4.69, 9.17) is 4.74 Å². The van der Waals surface area contributed by atoms with E-state index in [0.29, 0.717) is 18.5 Å². The predicted molar refractivity (Wildman–Crippen MR) is 119 cm³/mol. The second-order valence-corrected chi connectivity index (χ2v) is 9.15. The Morgan fingerprint density at radius 3 is 2.81 bits per heavy atom. The zero-order chi connectivity index (χ0) is 21.8. The first-order valence-corrected chi connectivity index (χ1v) is 11.5. The average Bonchev–Trinajstić information content (AvgIpc) is 2.82. The largest absolute Gasteiger partial charge is 0.379 e. The second kappa shape index (κ2) is 9.53. The summed E-state index contributed by atoms with van der Waals surface area (Å²) in [6.07, 6.45) is 5.71. The molecule has 1 aromatic rings. The number of nitrogens with one attached hydrogen (secondary N) is 2. The lowest BCUT2D eigenvalue weighted by Crippen LogP contribution is -2.61. The Kier molecular flexibility index (Phi) is 6.77. The highest BCUT2D eigenvalue weighted by atomic mass is 16.5. The molecule has 3 heterocycles. The fraction of sp³-hybridized carbons (Fsp3) is 0.696. The molecule has 8 nitrogen and oxygen atoms in total. The van der Waals surface area contributed by atoms with Crippen molar-refractivity contribution >= 4 is 17.5 Å². The van der Waals surface area contributed by atoms with Gasteiger partial charge in [0.2, 0.25) is 11.8 Å². The van der Waals surface area contributed by atoms with E-state index in [0.717, 1.165) is 69.9 Å². The van der Waals surface area contributed by atoms with E-state index in [1.807, 2.05) is 19.2 Å². The average molecular weight is 430 g/mol. The summed E-state index contributed by atoms with van der Waals surface area (Å²) in [5.41, 5.74) is 1.64. The summed E-state index contributed by atoms with van der Waals surface area (Å²) in [7, 11) is 1.59. The van der Waals surface area contributed by atoms with Gasteiger partial charge in [0, 0.05) is 56.8 Å². The first-order chi connectivity index (χ1) is 15.0. The smallest absolute Gasteiger partial charge is 0.239 e. The van der Waals surface area contributed by atoms with E-state index in [9.17, 15) is 9.59 Å². The van der Waals surface area contributed by atoms with Crippen molar-refractivity contribution in [1.82, 2.24) is 20.5 Å². The molecule has 2 aliphatic heterocycles. The zero-order valence-electron chi connectivity index (χ0n) is 18.7. The Labute approximate surface area is 184 Å². The number of nitrogens with zero attached hydrogens (tertiary/aromatic N) is 3. The van der Waals surface area contributed by atoms with E-state index in [-0.39, 0.29) is 18.4 Å². The van der Waals surface area contributed by atoms with Crippen LogP contribution in [-0.4, -0.2) is 80.7 Å². The highest BCUT2D eigenvalue weighted by Crippen LogP contribution is 2.48. The Balaban J connectivity index is 1.54. The molecule has 2 saturated heterocycles. The molecule has 3 aliphatic rings. The predicted octanol–water partition coefficient (Wildman–Crippen LogP) is 0.950. The normalized spacial score (nSPS) is 29.2. The molecule has 31 heavy (non-hydrogen) atoms. The van der Waals surface area contributed by atoms with Crippen LogP contribution in [0, 0.1) is 18.3 Å². The summed E-state index contributed by atoms with van der Waals surface area (Å²) in [5, 5.41) is 5.54. The van der Waals surface area contributed by atoms with Crippen LogP contribution in [0.25, 0.3) is 0 Å². The summed E-state index contributed by atoms with van der Waals surface area (Å²) < 4.78 is 5.54. The highest BCUT2D eigenvalue weighted by Gasteiger charge is 2.52. The number of hydrogen-bond donors (Lipinski definition) is 2. The number of fused-ring (bicyclic) bond motifs is 1. The number of piperidine rings is 1. The van der Waals surface area contributed by atoms with Crippen molar-refractivity contribution < 1.29 is 14.3 Å². The van der Waals surface area contributed by atoms with Crippen LogP contribution in [0.2, 0.25) is 0 Å². The molecule has 0 aromatic carbocycles. The highest BCUT2D eigenvalue weighted by molar-refractivity contribution is 5.88. The van der Waals surface area contributed by atoms with Crippen LogP contribution < -0.4 is 15.5 Å². The molecule has 1 saturated carbocycles. The summed E-state index contributed by atoms with van der Waals surface area (Å²) in [4.78, 5) is 34.5. The van der Waals surface area contributed by atoms with Crippen molar-refractivity contribution in [1.29, 1.82) is 0 Å². The summed E-state index contributed by atoms with van der Waals surface area (Å²) in [6.45, 7) is 7.22. The number of likely N-dealkylation sites (N-methyl/N-ethyl adjacent to an activating group) is 1. The first-order valence-electron chi connectivity index (χ1n) is 11.5. The Hall–Kier alpha value is -2.19. The van der Waals surface area contributed by atoms with Gasteiger partial charge in [-0.1, -0.05) is 0 Å². The lowest BCUT2D eigenvalue weighted by atomic mass is 9.60. The first kappa shape index (κ1) is 22.0. The number of amides is 2. The van der Waals surface area contributed by atoms with Crippen molar-refractivity contribution in [2.24, 2.45) is 11.3 Å². The Morgan fingerprint density at radius 1 is 1.26 bits per heavy atom. The number of aryl methyl sites for hydroxylation is 1. The molecule has 0 radical (unpaired) electrons. The van der Waals surface area contributed by atoms with Gasteiger partial charge in [-0.2, -0.15) is 0 Å². The zero-order valence-corrected chi connectivity index (χ0v) is 18.7. The van der Waals surface area contributed by atoms with Crippen molar-refractivity contribution in [3.05, 3.63) is 24.0 Å². The molecular formula is C23H35N5O3. The lowest BCUT2D eigenvalue weighted by Gasteiger charge is -2.53. The summed E-state index contributed by atoms with van der Waals surface area (Å²) >= 11 is 0. The van der Waals surface area contributed by atoms with E-state index < -0.39 is 5.41 Å². The minimum Gasteiger partial charge on any atom is -0.379 e. The third-order valence-corrected chi connectivity index (χ3v) is 7.43. The molecule has 1 aromatic heterocycles. The summed E-state index contributed by atoms with van der Waals surface area (Å²) in [5.74, 6) is 0.177. The molecular weight excluding hydrogens is 394 g/mol. The van der Waals surface area contributed by atoms with Gasteiger partial charge in [-0.25, -0.2) is 0 Å². The van der Waals surface area contributed by atoms with Crippen molar-refractivity contribution in [3.8, 4) is 0 Å². The number of rotatable bonds is 5. The molecule has 3 fully saturated rings. The van der Waals surface area contributed by atoms with Crippen LogP contribution >= 0.6 is 0 Å². The van der Waals surface area contributed by atoms with Crippen LogP contribution in [0.3, 0.4) is 0 Å². The number of carbonyl (C=O) groups is 2. The standard InChI is InChI=1S/C23H35N5O3/c1-17-13-20(4-7-25-17)28-8-5-18-14-19(27-9-11-31-12-10-27)3-6-23(18,16-28)22(30)26-15-21(29)24-2/h4,7,13,18-19H,3,5-6,8-12,14-16H2,1-2H3,(H,24,29)(H,26,30)/t18-,19-,23-/m1/s1. The van der Waals surface area contributed by atoms with Crippen LogP contribution in [0.15, 0.2) is 18.3 Å². The number of aromatic nitrogens is 1. The number of hydrogen-bond acceptors (Lipinski definition) is 6. The lowest BCUT2D eigenvalue weighted by molar-refractivity contribution is -0.140. The number of anilines is 1. The molecule has 1 aliphatic carbocycles. The molecule has 2 N–H and O–H groups in total. The van der Waals surface area contributed by atoms with Crippen LogP contribution in [-0.2, 0) is 14.3 Å². The fourth-order valence-electron chi connectivity index (χ4n) is 5.65. The SMILES string of the molecule is CNC(=O)CNC(=O)[C@@]12CC[C@@H](N3CCOCC3)C[C@H]1CCN(c1ccnc(C)c1)C2. The maximum Gasteiger partial charge on any atom is 0.239 e. The van der Waals surface area contributed by atoms with Gasteiger partial charge in [0.1, 0.15) is 0 Å². The van der Waals surface area contributed by atoms with E-state index in [2.05, 4.69) is 31.5 Å². The van der Waals surface area contributed by atoms with E-state index >= 15 is 0 Å². The van der Waals surface area contributed by atoms with Gasteiger partial charge in [0.05, 0.1) is 25.2 Å². The fourth-order valence-corrected chi connectivity index (χ4v) is 5.65. The molecule has 0 unspecified atom stereocenters. The number of carbonyl (C=O) groups excluding carboxylic acids is 2. The minimum atomic E-state index is -0.466. The number of pyridine rings is 1. The second-order valence-electron chi connectivity index (χ2n) is 9.15. The Bertz CT molecular complexity index is 797. The van der Waals surface area contributed by atoms with Gasteiger partial charge in [-0.3, -0.25) is 19.5 Å². The van der Waals surface area contributed by atoms with Gasteiger partial charge < -0.3 is 20.3 Å². The topological polar surface area (TPSA) is 86.8 Å². The van der Waals surface area contributed by atoms with Gasteiger partial charge in [0.25, 0.3) is 0 Å². The van der Waals surface area contributed by atoms with E-state index in [1.165, 1.54) is 0 Å².